The number of benzene rings is 1. The molecule has 0 fully saturated rings. The fraction of sp³-hybridized carbons (Fsp3) is 0.438. The summed E-state index contributed by atoms with van der Waals surface area (Å²) in [4.78, 5) is 36.9. The summed E-state index contributed by atoms with van der Waals surface area (Å²) in [7, 11) is 3.88. The first-order chi connectivity index (χ1) is 10.9. The van der Waals surface area contributed by atoms with Crippen LogP contribution in [0.5, 0.6) is 0 Å². The highest BCUT2D eigenvalue weighted by Crippen LogP contribution is 2.10. The Labute approximate surface area is 136 Å². The van der Waals surface area contributed by atoms with Crippen LogP contribution in [0.2, 0.25) is 0 Å². The second-order valence-electron chi connectivity index (χ2n) is 5.16. The molecule has 0 saturated heterocycles. The highest BCUT2D eigenvalue weighted by atomic mass is 16.5. The average Bonchev–Trinajstić information content (AvgIpc) is 2.52. The number of carbonyl (C=O) groups excluding carboxylic acids is 3. The van der Waals surface area contributed by atoms with E-state index in [0.29, 0.717) is 24.4 Å². The molecule has 2 amide bonds. The number of ether oxygens (including phenoxy) is 1. The van der Waals surface area contributed by atoms with Gasteiger partial charge in [0.05, 0.1) is 12.2 Å². The zero-order chi connectivity index (χ0) is 17.2. The summed E-state index contributed by atoms with van der Waals surface area (Å²) >= 11 is 0. The number of amides is 2. The molecule has 1 aromatic carbocycles. The Morgan fingerprint density at radius 3 is 2.30 bits per heavy atom. The summed E-state index contributed by atoms with van der Waals surface area (Å²) in [6.07, 6.45) is 0.764. The molecule has 0 aliphatic rings. The lowest BCUT2D eigenvalue weighted by molar-refractivity contribution is -0.136. The minimum Gasteiger partial charge on any atom is -0.462 e. The quantitative estimate of drug-likeness (QED) is 0.442. The largest absolute Gasteiger partial charge is 0.462 e. The van der Waals surface area contributed by atoms with Crippen molar-refractivity contribution in [2.24, 2.45) is 0 Å². The molecule has 0 atom stereocenters. The summed E-state index contributed by atoms with van der Waals surface area (Å²) in [6.45, 7) is 3.29. The third-order valence-corrected chi connectivity index (χ3v) is 2.93. The molecule has 126 valence electrons. The zero-order valence-corrected chi connectivity index (χ0v) is 13.7. The average molecular weight is 321 g/mol. The summed E-state index contributed by atoms with van der Waals surface area (Å²) in [5, 5.41) is 5.03. The maximum atomic E-state index is 11.7. The maximum absolute atomic E-state index is 11.7. The molecule has 2 N–H and O–H groups in total. The number of anilines is 1. The van der Waals surface area contributed by atoms with Crippen LogP contribution in [-0.4, -0.2) is 56.5 Å². The van der Waals surface area contributed by atoms with Gasteiger partial charge in [-0.1, -0.05) is 0 Å². The Bertz CT molecular complexity index is 541. The van der Waals surface area contributed by atoms with Crippen molar-refractivity contribution in [3.63, 3.8) is 0 Å². The minimum absolute atomic E-state index is 0.297. The number of esters is 1. The van der Waals surface area contributed by atoms with Gasteiger partial charge in [-0.25, -0.2) is 4.79 Å². The van der Waals surface area contributed by atoms with Crippen LogP contribution in [0.25, 0.3) is 0 Å². The molecule has 0 bridgehead atoms. The van der Waals surface area contributed by atoms with Crippen LogP contribution in [-0.2, 0) is 14.3 Å². The van der Waals surface area contributed by atoms with E-state index in [4.69, 9.17) is 4.74 Å². The van der Waals surface area contributed by atoms with E-state index in [2.05, 4.69) is 10.6 Å². The van der Waals surface area contributed by atoms with Gasteiger partial charge in [0.25, 0.3) is 0 Å². The smallest absolute Gasteiger partial charge is 0.338 e. The number of rotatable bonds is 7. The van der Waals surface area contributed by atoms with Crippen molar-refractivity contribution in [1.29, 1.82) is 0 Å². The van der Waals surface area contributed by atoms with E-state index < -0.39 is 17.8 Å². The van der Waals surface area contributed by atoms with E-state index in [9.17, 15) is 14.4 Å². The summed E-state index contributed by atoms with van der Waals surface area (Å²) < 4.78 is 4.86. The first kappa shape index (κ1) is 18.6. The lowest BCUT2D eigenvalue weighted by atomic mass is 10.2. The lowest BCUT2D eigenvalue weighted by Gasteiger charge is -2.10. The van der Waals surface area contributed by atoms with E-state index in [1.54, 1.807) is 19.1 Å². The molecule has 0 radical (unpaired) electrons. The zero-order valence-electron chi connectivity index (χ0n) is 13.7. The molecule has 0 aliphatic heterocycles. The highest BCUT2D eigenvalue weighted by Gasteiger charge is 2.13. The molecule has 23 heavy (non-hydrogen) atoms. The molecule has 0 unspecified atom stereocenters. The fourth-order valence-corrected chi connectivity index (χ4v) is 1.77. The second kappa shape index (κ2) is 9.58. The maximum Gasteiger partial charge on any atom is 0.338 e. The van der Waals surface area contributed by atoms with Crippen LogP contribution in [0.4, 0.5) is 5.69 Å². The van der Waals surface area contributed by atoms with E-state index in [0.717, 1.165) is 13.0 Å². The normalized spacial score (nSPS) is 10.3. The Hall–Kier alpha value is -2.41. The molecule has 0 saturated carbocycles. The molecule has 0 aliphatic carbocycles. The molecule has 0 heterocycles. The van der Waals surface area contributed by atoms with Gasteiger partial charge >= 0.3 is 17.8 Å². The van der Waals surface area contributed by atoms with Crippen molar-refractivity contribution in [3.05, 3.63) is 29.8 Å². The second-order valence-corrected chi connectivity index (χ2v) is 5.16. The topological polar surface area (TPSA) is 87.7 Å². The molecule has 1 rings (SSSR count). The van der Waals surface area contributed by atoms with Crippen molar-refractivity contribution < 1.29 is 19.1 Å². The summed E-state index contributed by atoms with van der Waals surface area (Å²) in [6, 6.07) is 6.15. The van der Waals surface area contributed by atoms with Gasteiger partial charge < -0.3 is 20.3 Å². The highest BCUT2D eigenvalue weighted by molar-refractivity contribution is 6.39. The van der Waals surface area contributed by atoms with Crippen molar-refractivity contribution >= 4 is 23.5 Å². The van der Waals surface area contributed by atoms with Crippen LogP contribution in [0.3, 0.4) is 0 Å². The van der Waals surface area contributed by atoms with Crippen LogP contribution in [0.15, 0.2) is 24.3 Å². The molecule has 0 spiro atoms. The summed E-state index contributed by atoms with van der Waals surface area (Å²) in [5.41, 5.74) is 0.824. The monoisotopic (exact) mass is 321 g/mol. The van der Waals surface area contributed by atoms with Crippen molar-refractivity contribution in [2.45, 2.75) is 13.3 Å². The van der Waals surface area contributed by atoms with Crippen LogP contribution < -0.4 is 10.6 Å². The van der Waals surface area contributed by atoms with Gasteiger partial charge in [0, 0.05) is 12.2 Å². The van der Waals surface area contributed by atoms with E-state index in [1.807, 2.05) is 19.0 Å². The number of nitrogens with zero attached hydrogens (tertiary/aromatic N) is 1. The standard InChI is InChI=1S/C16H23N3O4/c1-4-23-16(22)12-6-8-13(9-7-12)18-15(21)14(20)17-10-5-11-19(2)3/h6-9H,4-5,10-11H2,1-3H3,(H,17,20)(H,18,21). The lowest BCUT2D eigenvalue weighted by Crippen LogP contribution is -2.36. The Morgan fingerprint density at radius 1 is 1.09 bits per heavy atom. The predicted molar refractivity (Wildman–Crippen MR) is 87.2 cm³/mol. The van der Waals surface area contributed by atoms with Gasteiger partial charge in [-0.15, -0.1) is 0 Å². The number of hydrogen-bond acceptors (Lipinski definition) is 5. The van der Waals surface area contributed by atoms with Gasteiger partial charge in [-0.05, 0) is 58.3 Å². The predicted octanol–water partition coefficient (Wildman–Crippen LogP) is 0.870. The van der Waals surface area contributed by atoms with Gasteiger partial charge in [0.2, 0.25) is 0 Å². The van der Waals surface area contributed by atoms with Crippen LogP contribution in [0.1, 0.15) is 23.7 Å². The van der Waals surface area contributed by atoms with Gasteiger partial charge in [-0.3, -0.25) is 9.59 Å². The van der Waals surface area contributed by atoms with E-state index in [1.165, 1.54) is 12.1 Å². The molecule has 7 nitrogen and oxygen atoms in total. The fourth-order valence-electron chi connectivity index (χ4n) is 1.77. The molecule has 1 aromatic rings. The van der Waals surface area contributed by atoms with E-state index >= 15 is 0 Å². The third kappa shape index (κ3) is 6.92. The first-order valence-corrected chi connectivity index (χ1v) is 7.45. The summed E-state index contributed by atoms with van der Waals surface area (Å²) in [5.74, 6) is -1.85. The van der Waals surface area contributed by atoms with E-state index in [-0.39, 0.29) is 0 Å². The Balaban J connectivity index is 2.44. The molecular weight excluding hydrogens is 298 g/mol. The van der Waals surface area contributed by atoms with Crippen molar-refractivity contribution in [2.75, 3.05) is 39.1 Å². The van der Waals surface area contributed by atoms with Crippen molar-refractivity contribution in [1.82, 2.24) is 10.2 Å². The van der Waals surface area contributed by atoms with Gasteiger partial charge in [0.15, 0.2) is 0 Å². The third-order valence-electron chi connectivity index (χ3n) is 2.93. The number of hydrogen-bond donors (Lipinski definition) is 2. The molecule has 7 heteroatoms. The number of carbonyl (C=O) groups is 3. The first-order valence-electron chi connectivity index (χ1n) is 7.45. The van der Waals surface area contributed by atoms with Crippen molar-refractivity contribution in [3.8, 4) is 0 Å². The van der Waals surface area contributed by atoms with Gasteiger partial charge in [0.1, 0.15) is 0 Å². The SMILES string of the molecule is CCOC(=O)c1ccc(NC(=O)C(=O)NCCCN(C)C)cc1. The Kier molecular flexibility index (Phi) is 7.76. The van der Waals surface area contributed by atoms with Gasteiger partial charge in [-0.2, -0.15) is 0 Å². The van der Waals surface area contributed by atoms with Crippen LogP contribution >= 0.6 is 0 Å². The molecule has 0 aromatic heterocycles. The number of nitrogens with one attached hydrogen (secondary N) is 2. The minimum atomic E-state index is -0.737. The molecular formula is C16H23N3O4. The van der Waals surface area contributed by atoms with Crippen LogP contribution in [0, 0.1) is 0 Å². The Morgan fingerprint density at radius 2 is 1.74 bits per heavy atom.